The van der Waals surface area contributed by atoms with Crippen LogP contribution < -0.4 is 25.4 Å². The summed E-state index contributed by atoms with van der Waals surface area (Å²) in [5.41, 5.74) is 1.42. The van der Waals surface area contributed by atoms with Crippen molar-refractivity contribution in [3.63, 3.8) is 0 Å². The smallest absolute Gasteiger partial charge is 0.258 e. The zero-order valence-corrected chi connectivity index (χ0v) is 25.8. The summed E-state index contributed by atoms with van der Waals surface area (Å²) < 4.78 is 23.1. The normalized spacial score (nSPS) is 20.8. The predicted molar refractivity (Wildman–Crippen MR) is 168 cm³/mol. The summed E-state index contributed by atoms with van der Waals surface area (Å²) in [5, 5.41) is 13.1. The number of rotatable bonds is 5. The summed E-state index contributed by atoms with van der Waals surface area (Å²) >= 11 is 0. The summed E-state index contributed by atoms with van der Waals surface area (Å²) in [4.78, 5) is 46.3. The van der Waals surface area contributed by atoms with Crippen LogP contribution in [0.4, 0.5) is 0 Å². The first kappa shape index (κ1) is 30.5. The fraction of sp³-hybridized carbons (Fsp3) is 0.382. The van der Waals surface area contributed by atoms with Gasteiger partial charge in [0.05, 0.1) is 18.8 Å². The Morgan fingerprint density at radius 2 is 1.85 bits per heavy atom. The van der Waals surface area contributed by atoms with Crippen LogP contribution in [-0.4, -0.2) is 70.6 Å². The van der Waals surface area contributed by atoms with Gasteiger partial charge in [0, 0.05) is 36.8 Å². The largest absolute Gasteiger partial charge is 0.487 e. The number of fused-ring (bicyclic) bond motifs is 7. The molecule has 2 fully saturated rings. The lowest BCUT2D eigenvalue weighted by Crippen LogP contribution is -2.45. The molecule has 13 nitrogen and oxygen atoms in total. The predicted octanol–water partition coefficient (Wildman–Crippen LogP) is 3.46. The van der Waals surface area contributed by atoms with Gasteiger partial charge in [-0.15, -0.1) is 0 Å². The number of carbonyl (C=O) groups excluding carboxylic acids is 3. The zero-order valence-electron chi connectivity index (χ0n) is 25.8. The van der Waals surface area contributed by atoms with Crippen LogP contribution >= 0.6 is 0 Å². The lowest BCUT2D eigenvalue weighted by Gasteiger charge is -2.23. The van der Waals surface area contributed by atoms with Crippen molar-refractivity contribution in [3.8, 4) is 23.1 Å². The Hall–Kier alpha value is -5.17. The maximum Gasteiger partial charge on any atom is 0.258 e. The van der Waals surface area contributed by atoms with Crippen molar-refractivity contribution in [1.29, 1.82) is 0 Å². The molecule has 1 saturated heterocycles. The summed E-state index contributed by atoms with van der Waals surface area (Å²) in [6.45, 7) is 1.29. The van der Waals surface area contributed by atoms with E-state index in [9.17, 15) is 14.4 Å². The Balaban J connectivity index is 1.14. The van der Waals surface area contributed by atoms with E-state index in [0.717, 1.165) is 37.7 Å². The Bertz CT molecular complexity index is 1710. The summed E-state index contributed by atoms with van der Waals surface area (Å²) in [7, 11) is 0. The third kappa shape index (κ3) is 7.46. The van der Waals surface area contributed by atoms with Gasteiger partial charge in [0.15, 0.2) is 12.4 Å². The number of nitrogens with zero attached hydrogens (tertiary/aromatic N) is 3. The second-order valence-electron chi connectivity index (χ2n) is 12.2. The number of hydrogen-bond donors (Lipinski definition) is 3. The number of aromatic nitrogens is 2. The van der Waals surface area contributed by atoms with Crippen molar-refractivity contribution in [3.05, 3.63) is 83.4 Å². The summed E-state index contributed by atoms with van der Waals surface area (Å²) in [6.07, 6.45) is 6.27. The average Bonchev–Trinajstić information content (AvgIpc) is 3.86. The van der Waals surface area contributed by atoms with Crippen molar-refractivity contribution in [2.24, 2.45) is 0 Å². The Morgan fingerprint density at radius 1 is 1.00 bits per heavy atom. The van der Waals surface area contributed by atoms with Crippen LogP contribution in [0.15, 0.2) is 69.8 Å². The van der Waals surface area contributed by atoms with Crippen LogP contribution in [-0.2, 0) is 17.9 Å². The molecule has 0 unspecified atom stereocenters. The van der Waals surface area contributed by atoms with Gasteiger partial charge in [0.2, 0.25) is 11.7 Å². The number of hydrogen-bond acceptors (Lipinski definition) is 10. The van der Waals surface area contributed by atoms with E-state index in [4.69, 9.17) is 18.4 Å². The van der Waals surface area contributed by atoms with Crippen LogP contribution in [0.5, 0.6) is 11.5 Å². The minimum Gasteiger partial charge on any atom is -0.487 e. The lowest BCUT2D eigenvalue weighted by atomic mass is 9.95. The van der Waals surface area contributed by atoms with Gasteiger partial charge >= 0.3 is 0 Å². The molecule has 1 saturated carbocycles. The van der Waals surface area contributed by atoms with E-state index in [0.29, 0.717) is 55.0 Å². The van der Waals surface area contributed by atoms with Crippen molar-refractivity contribution in [1.82, 2.24) is 31.0 Å². The highest BCUT2D eigenvalue weighted by Crippen LogP contribution is 2.25. The molecule has 4 aliphatic rings. The van der Waals surface area contributed by atoms with E-state index < -0.39 is 18.1 Å². The minimum atomic E-state index is -0.419. The summed E-state index contributed by atoms with van der Waals surface area (Å²) in [6, 6.07) is 15.3. The maximum absolute atomic E-state index is 13.8. The molecule has 0 radical (unpaired) electrons. The van der Waals surface area contributed by atoms with Gasteiger partial charge < -0.3 is 34.4 Å². The van der Waals surface area contributed by atoms with Crippen molar-refractivity contribution in [2.75, 3.05) is 19.7 Å². The molecule has 47 heavy (non-hydrogen) atoms. The second kappa shape index (κ2) is 13.7. The zero-order chi connectivity index (χ0) is 32.2. The van der Waals surface area contributed by atoms with Crippen molar-refractivity contribution < 1.29 is 32.8 Å². The van der Waals surface area contributed by atoms with E-state index in [1.54, 1.807) is 36.6 Å². The molecule has 3 aliphatic heterocycles. The number of amides is 3. The van der Waals surface area contributed by atoms with E-state index in [1.807, 2.05) is 24.3 Å². The van der Waals surface area contributed by atoms with Gasteiger partial charge in [-0.05, 0) is 60.9 Å². The van der Waals surface area contributed by atoms with E-state index >= 15 is 0 Å². The van der Waals surface area contributed by atoms with Crippen LogP contribution in [0.25, 0.3) is 11.6 Å². The molecule has 2 atom stereocenters. The molecule has 4 bridgehead atoms. The topological polar surface area (TPSA) is 161 Å². The molecular formula is C34H36N6O7. The number of ether oxygens (including phenoxy) is 2. The van der Waals surface area contributed by atoms with Crippen LogP contribution in [0, 0.1) is 0 Å². The highest BCUT2D eigenvalue weighted by Gasteiger charge is 2.37. The first-order valence-electron chi connectivity index (χ1n) is 16.0. The van der Waals surface area contributed by atoms with Crippen molar-refractivity contribution >= 4 is 17.7 Å². The van der Waals surface area contributed by atoms with Crippen molar-refractivity contribution in [2.45, 2.75) is 63.4 Å². The molecule has 4 aromatic rings. The first-order chi connectivity index (χ1) is 22.9. The SMILES string of the molecule is O=C1COc2cc(C(=O)NC3CCCCC3)cc(c2)C(=O)N[C@H]2CN(Cc3nc(-c4ccco4)no3)C[C@@H]2Oc2ccc(cc2)CN1. The minimum absolute atomic E-state index is 0.0855. The van der Waals surface area contributed by atoms with E-state index in [-0.39, 0.29) is 35.8 Å². The standard InChI is InChI=1S/C34H36N6O7/c41-30-20-45-26-14-22(33(42)36-24-5-2-1-3-6-24)13-23(15-26)34(43)37-27-17-40(19-31-38-32(39-47-31)28-7-4-12-44-28)18-29(27)46-25-10-8-21(9-11-25)16-35-30/h4,7-15,24,27,29H,1-3,5-6,16-20H2,(H,35,41)(H,36,42)(H,37,43)/t27-,29-/m0/s1. The monoisotopic (exact) mass is 640 g/mol. The third-order valence-electron chi connectivity index (χ3n) is 8.67. The quantitative estimate of drug-likeness (QED) is 0.295. The summed E-state index contributed by atoms with van der Waals surface area (Å²) in [5.74, 6) is 1.14. The van der Waals surface area contributed by atoms with E-state index in [2.05, 4.69) is 31.0 Å². The Morgan fingerprint density at radius 3 is 2.66 bits per heavy atom. The molecule has 2 aromatic carbocycles. The van der Waals surface area contributed by atoms with Gasteiger partial charge in [0.25, 0.3) is 17.7 Å². The number of benzene rings is 2. The lowest BCUT2D eigenvalue weighted by molar-refractivity contribution is -0.123. The number of carbonyl (C=O) groups is 3. The highest BCUT2D eigenvalue weighted by atomic mass is 16.5. The molecule has 1 aliphatic carbocycles. The molecule has 2 aromatic heterocycles. The first-order valence-corrected chi connectivity index (χ1v) is 16.0. The molecule has 5 heterocycles. The van der Waals surface area contributed by atoms with E-state index in [1.165, 1.54) is 0 Å². The molecular weight excluding hydrogens is 604 g/mol. The third-order valence-corrected chi connectivity index (χ3v) is 8.67. The molecule has 8 rings (SSSR count). The molecule has 13 heteroatoms. The second-order valence-corrected chi connectivity index (χ2v) is 12.2. The fourth-order valence-corrected chi connectivity index (χ4v) is 6.23. The van der Waals surface area contributed by atoms with Crippen LogP contribution in [0.3, 0.4) is 0 Å². The molecule has 3 amide bonds. The van der Waals surface area contributed by atoms with Gasteiger partial charge in [-0.2, -0.15) is 4.98 Å². The van der Waals surface area contributed by atoms with Gasteiger partial charge in [0.1, 0.15) is 17.6 Å². The van der Waals surface area contributed by atoms with Crippen LogP contribution in [0.1, 0.15) is 64.3 Å². The maximum atomic E-state index is 13.8. The number of likely N-dealkylation sites (tertiary alicyclic amines) is 1. The van der Waals surface area contributed by atoms with Gasteiger partial charge in [-0.25, -0.2) is 0 Å². The molecule has 0 spiro atoms. The average molecular weight is 641 g/mol. The Labute approximate surface area is 271 Å². The fourth-order valence-electron chi connectivity index (χ4n) is 6.23. The van der Waals surface area contributed by atoms with Crippen LogP contribution in [0.2, 0.25) is 0 Å². The molecule has 244 valence electrons. The van der Waals surface area contributed by atoms with Gasteiger partial charge in [-0.1, -0.05) is 36.6 Å². The number of nitrogens with one attached hydrogen (secondary N) is 3. The molecule has 3 N–H and O–H groups in total. The number of furan rings is 1. The highest BCUT2D eigenvalue weighted by molar-refractivity contribution is 6.00. The Kier molecular flexibility index (Phi) is 8.87. The van der Waals surface area contributed by atoms with Gasteiger partial charge in [-0.3, -0.25) is 19.3 Å².